The van der Waals surface area contributed by atoms with Crippen molar-refractivity contribution in [1.29, 1.82) is 0 Å². The number of nitrogens with zero attached hydrogens (tertiary/aromatic N) is 2. The van der Waals surface area contributed by atoms with Crippen LogP contribution in [0, 0.1) is 23.7 Å². The topological polar surface area (TPSA) is 321 Å². The molecule has 0 saturated heterocycles. The lowest BCUT2D eigenvalue weighted by Gasteiger charge is -2.24. The van der Waals surface area contributed by atoms with E-state index in [2.05, 4.69) is 38.6 Å². The molecule has 8 aromatic carbocycles. The maximum atomic E-state index is 14.1. The molecule has 10 aromatic rings. The number of benzene rings is 8. The molecular weight excluding hydrogens is 1430 g/mol. The highest BCUT2D eigenvalue weighted by atomic mass is 32.2. The predicted octanol–water partition coefficient (Wildman–Crippen LogP) is 11.3. The fraction of sp³-hybridized carbons (Fsp3) is 0.250. The van der Waals surface area contributed by atoms with Gasteiger partial charge in [0, 0.05) is 102 Å². The molecule has 25 heteroatoms. The van der Waals surface area contributed by atoms with Gasteiger partial charge in [0.25, 0.3) is 31.9 Å². The number of fused-ring (bicyclic) bond motifs is 2. The molecule has 23 nitrogen and oxygen atoms in total. The van der Waals surface area contributed by atoms with Crippen molar-refractivity contribution < 1.29 is 69.2 Å². The molecule has 0 unspecified atom stereocenters. The van der Waals surface area contributed by atoms with Crippen molar-refractivity contribution in [2.45, 2.75) is 104 Å². The predicted molar refractivity (Wildman–Crippen MR) is 411 cm³/mol. The molecule has 0 spiro atoms. The fourth-order valence-electron chi connectivity index (χ4n) is 14.1. The number of carbonyl (C=O) groups is 5. The number of pyridine rings is 2. The Morgan fingerprint density at radius 2 is 0.908 bits per heavy atom. The van der Waals surface area contributed by atoms with Crippen molar-refractivity contribution >= 4 is 71.4 Å². The first-order valence-electron chi connectivity index (χ1n) is 35.6. The number of carbonyl (C=O) groups excluding carboxylic acids is 5. The first kappa shape index (κ1) is 75.3. The van der Waals surface area contributed by atoms with Crippen molar-refractivity contribution in [1.82, 2.24) is 35.4 Å². The highest BCUT2D eigenvalue weighted by Gasteiger charge is 2.63. The van der Waals surface area contributed by atoms with E-state index in [1.54, 1.807) is 32.4 Å². The van der Waals surface area contributed by atoms with E-state index in [0.717, 1.165) is 38.7 Å². The number of amides is 5. The molecule has 4 saturated carbocycles. The number of ether oxygens (including phenoxy) is 6. The summed E-state index contributed by atoms with van der Waals surface area (Å²) >= 11 is 0. The van der Waals surface area contributed by atoms with Gasteiger partial charge in [-0.2, -0.15) is 0 Å². The molecule has 7 N–H and O–H groups in total. The lowest BCUT2D eigenvalue weighted by molar-refractivity contribution is -0.132. The number of sulfonamides is 2. The Morgan fingerprint density at radius 3 is 1.32 bits per heavy atom. The molecule has 4 aliphatic carbocycles. The molecule has 5 amide bonds. The maximum Gasteiger partial charge on any atom is 0.264 e. The molecule has 0 aliphatic heterocycles. The lowest BCUT2D eigenvalue weighted by Crippen LogP contribution is -2.54. The number of nitrogens with two attached hydrogens (primary N) is 1. The average Bonchev–Trinajstić information content (AvgIpc) is 1.58. The van der Waals surface area contributed by atoms with E-state index >= 15 is 0 Å². The second kappa shape index (κ2) is 32.3. The van der Waals surface area contributed by atoms with Crippen LogP contribution < -0.4 is 59.5 Å². The first-order valence-corrected chi connectivity index (χ1v) is 38.5. The van der Waals surface area contributed by atoms with Crippen LogP contribution in [0.1, 0.15) is 56.6 Å². The largest absolute Gasteiger partial charge is 0.497 e. The van der Waals surface area contributed by atoms with Gasteiger partial charge < -0.3 is 50.1 Å². The number of aromatic nitrogens is 2. The van der Waals surface area contributed by atoms with Crippen molar-refractivity contribution in [2.24, 2.45) is 29.4 Å². The third-order valence-corrected chi connectivity index (χ3v) is 22.8. The van der Waals surface area contributed by atoms with Crippen molar-refractivity contribution in [3.63, 3.8) is 0 Å². The van der Waals surface area contributed by atoms with Crippen molar-refractivity contribution in [3.8, 4) is 57.0 Å². The van der Waals surface area contributed by atoms with Gasteiger partial charge in [-0.25, -0.2) is 36.2 Å². The zero-order valence-corrected chi connectivity index (χ0v) is 61.7. The Labute approximate surface area is 631 Å². The van der Waals surface area contributed by atoms with E-state index in [4.69, 9.17) is 44.1 Å². The minimum absolute atomic E-state index is 0.149. The summed E-state index contributed by atoms with van der Waals surface area (Å²) < 4.78 is 93.9. The maximum absolute atomic E-state index is 14.1. The molecule has 560 valence electrons. The summed E-state index contributed by atoms with van der Waals surface area (Å²) in [5.41, 5.74) is 9.86. The number of methoxy groups -OCH3 is 2. The SMILES string of the molecule is C=C[C@@H]1C[C@]1(NC(=O)[C@@H]1C[C@H](Oc2cc(-c3ccccc3)nc3cc(OC)ccc23)C[C@@H]1N)C(=O)NS(=O)(=O)c1cccc(OCc2ccccc2)c1.C=C[C@@H]1C[C@]1(NC(=O)[C@@H]1C[C@H](Oc2cc(-c3ccccc3)nc3cc(OC)ccc23)C[C@@H]1NC(C)=O)C(=O)NS(=O)(=O)c1cccc(OCc2ccccc2)c1. The molecule has 4 aliphatic rings. The van der Waals surface area contributed by atoms with Crippen LogP contribution in [-0.2, 0) is 57.2 Å². The van der Waals surface area contributed by atoms with Crippen LogP contribution in [0.15, 0.2) is 253 Å². The number of hydrogen-bond acceptors (Lipinski definition) is 18. The number of rotatable bonds is 27. The van der Waals surface area contributed by atoms with Crippen LogP contribution in [0.25, 0.3) is 44.3 Å². The normalized spacial score (nSPS) is 21.7. The van der Waals surface area contributed by atoms with Gasteiger partial charge in [0.1, 0.15) is 71.0 Å². The molecule has 0 bridgehead atoms. The minimum atomic E-state index is -4.37. The quantitative estimate of drug-likeness (QED) is 0.0261. The van der Waals surface area contributed by atoms with Crippen LogP contribution in [0.5, 0.6) is 34.5 Å². The second-order valence-corrected chi connectivity index (χ2v) is 30.9. The zero-order valence-electron chi connectivity index (χ0n) is 60.0. The average molecular weight is 1510 g/mol. The smallest absolute Gasteiger partial charge is 0.264 e. The molecule has 2 heterocycles. The first-order chi connectivity index (χ1) is 52.6. The van der Waals surface area contributed by atoms with Crippen LogP contribution in [-0.4, -0.2) is 106 Å². The molecular formula is C84H82N8O15S2. The monoisotopic (exact) mass is 1510 g/mol. The number of hydrogen-bond donors (Lipinski definition) is 6. The number of nitrogens with one attached hydrogen (secondary N) is 5. The van der Waals surface area contributed by atoms with E-state index in [9.17, 15) is 40.8 Å². The van der Waals surface area contributed by atoms with Gasteiger partial charge in [0.15, 0.2) is 0 Å². The second-order valence-electron chi connectivity index (χ2n) is 27.5. The summed E-state index contributed by atoms with van der Waals surface area (Å²) in [6.45, 7) is 9.44. The van der Waals surface area contributed by atoms with Crippen molar-refractivity contribution in [3.05, 3.63) is 255 Å². The summed E-state index contributed by atoms with van der Waals surface area (Å²) in [7, 11) is -5.50. The van der Waals surface area contributed by atoms with Crippen LogP contribution >= 0.6 is 0 Å². The third kappa shape index (κ3) is 17.2. The van der Waals surface area contributed by atoms with Crippen LogP contribution in [0.3, 0.4) is 0 Å². The Bertz CT molecular complexity index is 5320. The summed E-state index contributed by atoms with van der Waals surface area (Å²) in [5.74, 6) is -2.44. The van der Waals surface area contributed by atoms with Crippen molar-refractivity contribution in [2.75, 3.05) is 14.2 Å². The summed E-state index contributed by atoms with van der Waals surface area (Å²) in [6, 6.07) is 63.6. The van der Waals surface area contributed by atoms with Gasteiger partial charge >= 0.3 is 0 Å². The Morgan fingerprint density at radius 1 is 0.495 bits per heavy atom. The molecule has 109 heavy (non-hydrogen) atoms. The van der Waals surface area contributed by atoms with E-state index in [1.165, 1.54) is 49.4 Å². The molecule has 4 fully saturated rings. The molecule has 2 aromatic heterocycles. The lowest BCUT2D eigenvalue weighted by atomic mass is 10.0. The van der Waals surface area contributed by atoms with Crippen LogP contribution in [0.4, 0.5) is 0 Å². The molecule has 0 radical (unpaired) electrons. The summed E-state index contributed by atoms with van der Waals surface area (Å²) in [6.07, 6.45) is 3.68. The summed E-state index contributed by atoms with van der Waals surface area (Å²) in [5, 5.41) is 10.1. The van der Waals surface area contributed by atoms with E-state index in [0.29, 0.717) is 64.1 Å². The van der Waals surface area contributed by atoms with Gasteiger partial charge in [0.2, 0.25) is 17.7 Å². The standard InChI is InChI=1S/C43H42N4O8S.C41H40N4O7S/c1-4-30-25-43(30,42(50)47-56(51,52)34-17-11-16-32(20-34)54-26-28-12-7-5-8-13-28)46-41(49)36-21-33(23-39(36)44-27(2)48)55-40-24-37(29-14-9-6-10-15-29)45-38-22-31(53-3)18-19-35(38)40;1-3-28-24-41(28,40(47)45-53(48,49)32-16-10-15-30(19-32)51-25-26-11-6-4-7-12-26)44-39(46)34-20-31(21-35(34)42)52-38-23-36(27-13-8-5-9-14-27)43-37-22-29(50-2)17-18-33(37)38/h4-20,22,24,30,33,36,39H,1,21,23,25-26H2,2-3H3,(H,44,48)(H,46,49)(H,47,50);3-19,22-23,28,31,34-35H,1,20-21,24-25,42H2,2H3,(H,44,46)(H,45,47)/t30-,33+,36-,39+,43-;28-,31+,34-,35+,41-/m11/s1. The van der Waals surface area contributed by atoms with Gasteiger partial charge in [-0.05, 0) is 85.3 Å². The Balaban J connectivity index is 0.000000192. The van der Waals surface area contributed by atoms with Gasteiger partial charge in [-0.3, -0.25) is 24.0 Å². The Kier molecular flexibility index (Phi) is 22.3. The fourth-order valence-corrected chi connectivity index (χ4v) is 16.2. The molecule has 14 rings (SSSR count). The van der Waals surface area contributed by atoms with Gasteiger partial charge in [0.05, 0.1) is 58.3 Å². The summed E-state index contributed by atoms with van der Waals surface area (Å²) in [4.78, 5) is 77.2. The highest BCUT2D eigenvalue weighted by Crippen LogP contribution is 2.48. The third-order valence-electron chi connectivity index (χ3n) is 20.1. The van der Waals surface area contributed by atoms with E-state index in [1.807, 2.05) is 170 Å². The van der Waals surface area contributed by atoms with Crippen LogP contribution in [0.2, 0.25) is 0 Å². The van der Waals surface area contributed by atoms with E-state index in [-0.39, 0.29) is 54.6 Å². The Hall–Kier alpha value is -11.9. The van der Waals surface area contributed by atoms with Gasteiger partial charge in [-0.15, -0.1) is 13.2 Å². The highest BCUT2D eigenvalue weighted by molar-refractivity contribution is 7.90. The molecule has 10 atom stereocenters. The van der Waals surface area contributed by atoms with Gasteiger partial charge in [-0.1, -0.05) is 146 Å². The zero-order chi connectivity index (χ0) is 76.6. The van der Waals surface area contributed by atoms with E-state index < -0.39 is 103 Å². The minimum Gasteiger partial charge on any atom is -0.497 e.